The first-order valence-electron chi connectivity index (χ1n) is 16.7. The van der Waals surface area contributed by atoms with Crippen molar-refractivity contribution in [1.82, 2.24) is 0 Å². The second-order valence-electron chi connectivity index (χ2n) is 12.5. The largest absolute Gasteiger partial charge is 0.461 e. The molecular weight excluding hydrogens is 492 g/mol. The van der Waals surface area contributed by atoms with Gasteiger partial charge in [-0.05, 0) is 83.5 Å². The van der Waals surface area contributed by atoms with Crippen molar-refractivity contribution in [2.45, 2.75) is 186 Å². The molecule has 0 amide bonds. The highest BCUT2D eigenvalue weighted by Gasteiger charge is 2.58. The van der Waals surface area contributed by atoms with Crippen molar-refractivity contribution in [3.05, 3.63) is 0 Å². The maximum atomic E-state index is 14.1. The van der Waals surface area contributed by atoms with Crippen molar-refractivity contribution in [3.63, 3.8) is 0 Å². The summed E-state index contributed by atoms with van der Waals surface area (Å²) in [6.07, 6.45) is 22.8. The Labute approximate surface area is 237 Å². The van der Waals surface area contributed by atoms with Crippen LogP contribution < -0.4 is 0 Å². The summed E-state index contributed by atoms with van der Waals surface area (Å²) in [5.41, 5.74) is -2.03. The molecule has 0 aliphatic heterocycles. The van der Waals surface area contributed by atoms with Gasteiger partial charge in [0.2, 0.25) is 0 Å². The van der Waals surface area contributed by atoms with Gasteiger partial charge in [0, 0.05) is 0 Å². The van der Waals surface area contributed by atoms with Gasteiger partial charge in [-0.2, -0.15) is 0 Å². The molecule has 0 bridgehead atoms. The fourth-order valence-corrected chi connectivity index (χ4v) is 6.56. The van der Waals surface area contributed by atoms with E-state index >= 15 is 0 Å². The lowest BCUT2D eigenvalue weighted by atomic mass is 9.81. The zero-order chi connectivity index (χ0) is 27.8. The number of hydrogen-bond donors (Lipinski definition) is 0. The molecule has 0 aromatic rings. The molecule has 224 valence electrons. The van der Waals surface area contributed by atoms with Gasteiger partial charge < -0.3 is 14.2 Å². The first-order chi connectivity index (χ1) is 19.1. The summed E-state index contributed by atoms with van der Waals surface area (Å²) in [4.78, 5) is 42.3. The van der Waals surface area contributed by atoms with Crippen LogP contribution in [0.15, 0.2) is 0 Å². The number of carbonyl (C=O) groups is 3. The summed E-state index contributed by atoms with van der Waals surface area (Å²) in [7, 11) is 0. The highest BCUT2D eigenvalue weighted by molar-refractivity contribution is 6.18. The van der Waals surface area contributed by atoms with Crippen molar-refractivity contribution in [2.24, 2.45) is 5.41 Å². The molecular formula is C33H56O6. The second kappa shape index (κ2) is 18.0. The molecule has 6 nitrogen and oxygen atoms in total. The monoisotopic (exact) mass is 548 g/mol. The van der Waals surface area contributed by atoms with Crippen LogP contribution in [-0.2, 0) is 28.6 Å². The van der Waals surface area contributed by atoms with Crippen LogP contribution in [0.25, 0.3) is 0 Å². The highest BCUT2D eigenvalue weighted by Crippen LogP contribution is 2.36. The average Bonchev–Trinajstić information content (AvgIpc) is 2.86. The number of rotatable bonds is 10. The van der Waals surface area contributed by atoms with Gasteiger partial charge in [-0.1, -0.05) is 84.0 Å². The zero-order valence-corrected chi connectivity index (χ0v) is 24.9. The molecule has 3 fully saturated rings. The molecule has 0 N–H and O–H groups in total. The van der Waals surface area contributed by atoms with Gasteiger partial charge in [0.15, 0.2) is 0 Å². The van der Waals surface area contributed by atoms with Gasteiger partial charge in [-0.25, -0.2) is 0 Å². The lowest BCUT2D eigenvalue weighted by Crippen LogP contribution is -2.52. The Morgan fingerprint density at radius 3 is 1.05 bits per heavy atom. The van der Waals surface area contributed by atoms with Crippen molar-refractivity contribution in [2.75, 3.05) is 0 Å². The normalized spacial score (nSPS) is 21.8. The smallest absolute Gasteiger partial charge is 0.335 e. The minimum Gasteiger partial charge on any atom is -0.461 e. The molecule has 0 saturated heterocycles. The Balaban J connectivity index is 1.86. The van der Waals surface area contributed by atoms with E-state index in [2.05, 4.69) is 6.92 Å². The Kier molecular flexibility index (Phi) is 14.7. The average molecular weight is 549 g/mol. The molecule has 39 heavy (non-hydrogen) atoms. The topological polar surface area (TPSA) is 78.9 Å². The van der Waals surface area contributed by atoms with Crippen LogP contribution >= 0.6 is 0 Å². The lowest BCUT2D eigenvalue weighted by Gasteiger charge is -2.33. The van der Waals surface area contributed by atoms with Gasteiger partial charge in [0.05, 0.1) is 0 Å². The predicted molar refractivity (Wildman–Crippen MR) is 153 cm³/mol. The summed E-state index contributed by atoms with van der Waals surface area (Å²) < 4.78 is 18.3. The van der Waals surface area contributed by atoms with E-state index in [4.69, 9.17) is 14.2 Å². The fourth-order valence-electron chi connectivity index (χ4n) is 6.56. The second-order valence-corrected chi connectivity index (χ2v) is 12.5. The highest BCUT2D eigenvalue weighted by atomic mass is 16.6. The van der Waals surface area contributed by atoms with E-state index in [1.807, 2.05) is 0 Å². The summed E-state index contributed by atoms with van der Waals surface area (Å²) >= 11 is 0. The minimum atomic E-state index is -2.03. The van der Waals surface area contributed by atoms with E-state index in [1.54, 1.807) is 0 Å². The minimum absolute atomic E-state index is 0.101. The van der Waals surface area contributed by atoms with Crippen LogP contribution in [0.5, 0.6) is 0 Å². The van der Waals surface area contributed by atoms with E-state index < -0.39 is 23.3 Å². The van der Waals surface area contributed by atoms with Gasteiger partial charge in [-0.15, -0.1) is 0 Å². The maximum Gasteiger partial charge on any atom is 0.335 e. The van der Waals surface area contributed by atoms with Crippen molar-refractivity contribution >= 4 is 17.9 Å². The summed E-state index contributed by atoms with van der Waals surface area (Å²) in [5, 5.41) is 0. The number of unbranched alkanes of at least 4 members (excludes halogenated alkanes) is 2. The van der Waals surface area contributed by atoms with Gasteiger partial charge in [0.1, 0.15) is 18.3 Å². The molecule has 3 aliphatic rings. The molecule has 0 heterocycles. The summed E-state index contributed by atoms with van der Waals surface area (Å²) in [6, 6.07) is 0. The van der Waals surface area contributed by atoms with E-state index in [0.29, 0.717) is 6.42 Å². The Bertz CT molecular complexity index is 621. The third-order valence-electron chi connectivity index (χ3n) is 9.18. The molecule has 0 aromatic heterocycles. The molecule has 0 aromatic carbocycles. The van der Waals surface area contributed by atoms with Crippen LogP contribution in [-0.4, -0.2) is 36.2 Å². The number of ether oxygens (including phenoxy) is 3. The molecule has 3 aliphatic carbocycles. The van der Waals surface area contributed by atoms with Crippen molar-refractivity contribution < 1.29 is 28.6 Å². The molecule has 0 unspecified atom stereocenters. The van der Waals surface area contributed by atoms with Crippen LogP contribution in [0.4, 0.5) is 0 Å². The van der Waals surface area contributed by atoms with E-state index in [9.17, 15) is 14.4 Å². The van der Waals surface area contributed by atoms with E-state index in [1.165, 1.54) is 19.3 Å². The quantitative estimate of drug-likeness (QED) is 0.118. The fraction of sp³-hybridized carbons (Fsp3) is 0.909. The number of esters is 3. The standard InChI is InChI=1S/C33H56O6/c1-2-3-19-26-33(30(34)37-27-20-13-7-4-8-14-21-27,31(35)38-28-22-15-9-5-10-16-23-28)32(36)39-29-24-17-11-6-12-18-25-29/h27-29H,2-26H2,1H3. The van der Waals surface area contributed by atoms with Crippen molar-refractivity contribution in [3.8, 4) is 0 Å². The van der Waals surface area contributed by atoms with E-state index in [-0.39, 0.29) is 24.7 Å². The first-order valence-corrected chi connectivity index (χ1v) is 16.7. The van der Waals surface area contributed by atoms with Crippen LogP contribution in [0, 0.1) is 5.41 Å². The maximum absolute atomic E-state index is 14.1. The van der Waals surface area contributed by atoms with Crippen LogP contribution in [0.1, 0.15) is 167 Å². The Morgan fingerprint density at radius 2 is 0.769 bits per heavy atom. The third-order valence-corrected chi connectivity index (χ3v) is 9.18. The number of carbonyl (C=O) groups excluding carboxylic acids is 3. The van der Waals surface area contributed by atoms with Crippen LogP contribution in [0.3, 0.4) is 0 Å². The summed E-state index contributed by atoms with van der Waals surface area (Å²) in [6.45, 7) is 2.08. The van der Waals surface area contributed by atoms with Gasteiger partial charge >= 0.3 is 17.9 Å². The molecule has 3 saturated carbocycles. The molecule has 0 spiro atoms. The van der Waals surface area contributed by atoms with E-state index in [0.717, 1.165) is 128 Å². The molecule has 6 heteroatoms. The molecule has 3 rings (SSSR count). The van der Waals surface area contributed by atoms with Crippen molar-refractivity contribution in [1.29, 1.82) is 0 Å². The van der Waals surface area contributed by atoms with Gasteiger partial charge in [-0.3, -0.25) is 14.4 Å². The first kappa shape index (κ1) is 31.9. The SMILES string of the molecule is CCCCCC(C(=O)OC1CCCCCCC1)(C(=O)OC1CCCCCCC1)C(=O)OC1CCCCCCC1. The van der Waals surface area contributed by atoms with Gasteiger partial charge in [0.25, 0.3) is 5.41 Å². The third kappa shape index (κ3) is 10.4. The molecule has 0 radical (unpaired) electrons. The summed E-state index contributed by atoms with van der Waals surface area (Å²) in [5.74, 6) is -2.18. The zero-order valence-electron chi connectivity index (χ0n) is 24.9. The Hall–Kier alpha value is -1.59. The number of hydrogen-bond acceptors (Lipinski definition) is 6. The Morgan fingerprint density at radius 1 is 0.487 bits per heavy atom. The van der Waals surface area contributed by atoms with Crippen LogP contribution in [0.2, 0.25) is 0 Å². The lowest BCUT2D eigenvalue weighted by molar-refractivity contribution is -0.193. The predicted octanol–water partition coefficient (Wildman–Crippen LogP) is 8.52. The molecule has 0 atom stereocenters.